The largest absolute Gasteiger partial charge is 0.389 e. The van der Waals surface area contributed by atoms with Crippen LogP contribution >= 0.6 is 0 Å². The summed E-state index contributed by atoms with van der Waals surface area (Å²) in [5.74, 6) is -0.286. The van der Waals surface area contributed by atoms with Gasteiger partial charge in [-0.2, -0.15) is 0 Å². The van der Waals surface area contributed by atoms with Crippen molar-refractivity contribution in [3.05, 3.63) is 48.0 Å². The van der Waals surface area contributed by atoms with E-state index in [1.54, 1.807) is 17.0 Å². The Morgan fingerprint density at radius 1 is 1.07 bits per heavy atom. The van der Waals surface area contributed by atoms with Crippen LogP contribution in [0.4, 0.5) is 8.78 Å². The number of benzene rings is 2. The summed E-state index contributed by atoms with van der Waals surface area (Å²) in [6.45, 7) is 3.25. The summed E-state index contributed by atoms with van der Waals surface area (Å²) >= 11 is 0. The lowest BCUT2D eigenvalue weighted by Gasteiger charge is -2.32. The fraction of sp³-hybridized carbons (Fsp3) is 0.381. The lowest BCUT2D eigenvalue weighted by atomic mass is 9.99. The van der Waals surface area contributed by atoms with Gasteiger partial charge in [-0.15, -0.1) is 0 Å². The maximum Gasteiger partial charge on any atom is 0.222 e. The molecule has 0 bridgehead atoms. The lowest BCUT2D eigenvalue weighted by Crippen LogP contribution is -2.44. The molecule has 1 aliphatic rings. The molecular weight excluding hydrogens is 350 g/mol. The zero-order chi connectivity index (χ0) is 19.1. The molecule has 0 aliphatic carbocycles. The fourth-order valence-corrected chi connectivity index (χ4v) is 4.04. The van der Waals surface area contributed by atoms with Crippen molar-refractivity contribution in [3.8, 4) is 0 Å². The number of rotatable bonds is 4. The van der Waals surface area contributed by atoms with Crippen molar-refractivity contribution in [3.63, 3.8) is 0 Å². The van der Waals surface area contributed by atoms with Gasteiger partial charge in [0.15, 0.2) is 0 Å². The molecule has 3 aromatic rings. The van der Waals surface area contributed by atoms with Gasteiger partial charge in [-0.05, 0) is 48.7 Å². The molecule has 27 heavy (non-hydrogen) atoms. The Labute approximate surface area is 156 Å². The molecule has 1 saturated heterocycles. The zero-order valence-corrected chi connectivity index (χ0v) is 15.2. The average molecular weight is 372 g/mol. The third kappa shape index (κ3) is 3.41. The minimum absolute atomic E-state index is 0.0681. The number of fused-ring (bicyclic) bond motifs is 3. The first-order valence-corrected chi connectivity index (χ1v) is 9.25. The summed E-state index contributed by atoms with van der Waals surface area (Å²) in [5.41, 5.74) is 1.46. The number of hydrogen-bond donors (Lipinski definition) is 1. The van der Waals surface area contributed by atoms with E-state index in [4.69, 9.17) is 0 Å². The number of piperidine rings is 1. The number of amides is 1. The van der Waals surface area contributed by atoms with Crippen LogP contribution in [0.2, 0.25) is 0 Å². The molecule has 142 valence electrons. The van der Waals surface area contributed by atoms with E-state index in [9.17, 15) is 18.7 Å². The van der Waals surface area contributed by atoms with Crippen molar-refractivity contribution in [2.24, 2.45) is 5.92 Å². The number of β-amino-alcohol motifs (C(OH)–C–C–N with tert-alkyl or cyclic N) is 1. The summed E-state index contributed by atoms with van der Waals surface area (Å²) in [5, 5.41) is 11.9. The Bertz CT molecular complexity index is 955. The van der Waals surface area contributed by atoms with Gasteiger partial charge in [0.2, 0.25) is 5.91 Å². The molecule has 6 heteroatoms. The topological polar surface area (TPSA) is 45.5 Å². The van der Waals surface area contributed by atoms with Crippen molar-refractivity contribution in [1.29, 1.82) is 0 Å². The number of carbonyl (C=O) groups excluding carboxylic acids is 1. The molecule has 2 unspecified atom stereocenters. The van der Waals surface area contributed by atoms with Gasteiger partial charge in [0.1, 0.15) is 11.6 Å². The maximum absolute atomic E-state index is 13.7. The third-order valence-electron chi connectivity index (χ3n) is 5.35. The Morgan fingerprint density at radius 3 is 2.26 bits per heavy atom. The van der Waals surface area contributed by atoms with E-state index in [1.807, 2.05) is 4.57 Å². The second-order valence-corrected chi connectivity index (χ2v) is 7.53. The van der Waals surface area contributed by atoms with Crippen molar-refractivity contribution in [2.75, 3.05) is 13.1 Å². The number of hydrogen-bond acceptors (Lipinski definition) is 2. The first-order chi connectivity index (χ1) is 12.9. The first kappa shape index (κ1) is 17.9. The molecule has 0 spiro atoms. The Kier molecular flexibility index (Phi) is 4.60. The van der Waals surface area contributed by atoms with Crippen molar-refractivity contribution < 1.29 is 18.7 Å². The van der Waals surface area contributed by atoms with Gasteiger partial charge in [-0.1, -0.05) is 6.92 Å². The molecule has 2 atom stereocenters. The fourth-order valence-electron chi connectivity index (χ4n) is 4.04. The number of nitrogens with zero attached hydrogens (tertiary/aromatic N) is 2. The van der Waals surface area contributed by atoms with E-state index in [-0.39, 0.29) is 30.6 Å². The van der Waals surface area contributed by atoms with Crippen molar-refractivity contribution >= 4 is 27.7 Å². The van der Waals surface area contributed by atoms with Crippen LogP contribution in [0.3, 0.4) is 0 Å². The Morgan fingerprint density at radius 2 is 1.67 bits per heavy atom. The van der Waals surface area contributed by atoms with Crippen LogP contribution in [-0.4, -0.2) is 39.7 Å². The molecule has 1 fully saturated rings. The van der Waals surface area contributed by atoms with E-state index in [0.29, 0.717) is 29.7 Å². The van der Waals surface area contributed by atoms with E-state index in [2.05, 4.69) is 6.92 Å². The van der Waals surface area contributed by atoms with E-state index >= 15 is 0 Å². The van der Waals surface area contributed by atoms with Crippen LogP contribution < -0.4 is 0 Å². The second-order valence-electron chi connectivity index (χ2n) is 7.53. The summed E-state index contributed by atoms with van der Waals surface area (Å²) in [4.78, 5) is 13.8. The van der Waals surface area contributed by atoms with E-state index < -0.39 is 6.10 Å². The normalized spacial score (nSPS) is 19.2. The minimum Gasteiger partial charge on any atom is -0.389 e. The molecule has 2 aromatic carbocycles. The minimum atomic E-state index is -0.770. The first-order valence-electron chi connectivity index (χ1n) is 9.25. The van der Waals surface area contributed by atoms with Gasteiger partial charge in [-0.3, -0.25) is 4.79 Å². The molecule has 4 rings (SSSR count). The molecule has 4 nitrogen and oxygen atoms in total. The summed E-state index contributed by atoms with van der Waals surface area (Å²) in [6.07, 6.45) is 0.630. The zero-order valence-electron chi connectivity index (χ0n) is 15.2. The number of halogens is 2. The summed E-state index contributed by atoms with van der Waals surface area (Å²) in [6, 6.07) is 8.77. The van der Waals surface area contributed by atoms with E-state index in [1.165, 1.54) is 24.3 Å². The lowest BCUT2D eigenvalue weighted by molar-refractivity contribution is -0.136. The molecular formula is C21H22F2N2O2. The van der Waals surface area contributed by atoms with Crippen LogP contribution in [0.1, 0.15) is 19.8 Å². The van der Waals surface area contributed by atoms with Gasteiger partial charge in [0.05, 0.1) is 12.6 Å². The standard InChI is InChI=1S/C21H22F2N2O2/c1-13-2-7-21(27)24(10-13)11-16(26)12-25-19-5-3-14(22)8-17(19)18-9-15(23)4-6-20(18)25/h3-6,8-9,13,16,26H,2,7,10-12H2,1H3. The number of likely N-dealkylation sites (tertiary alicyclic amines) is 1. The van der Waals surface area contributed by atoms with Gasteiger partial charge >= 0.3 is 0 Å². The van der Waals surface area contributed by atoms with Gasteiger partial charge in [0, 0.05) is 41.3 Å². The molecule has 0 radical (unpaired) electrons. The van der Waals surface area contributed by atoms with Crippen LogP contribution in [0.25, 0.3) is 21.8 Å². The molecule has 1 amide bonds. The number of aliphatic hydroxyl groups is 1. The Hall–Kier alpha value is -2.47. The third-order valence-corrected chi connectivity index (χ3v) is 5.35. The maximum atomic E-state index is 13.7. The molecule has 1 aromatic heterocycles. The highest BCUT2D eigenvalue weighted by Crippen LogP contribution is 2.30. The summed E-state index contributed by atoms with van der Waals surface area (Å²) < 4.78 is 29.3. The van der Waals surface area contributed by atoms with Gasteiger partial charge < -0.3 is 14.6 Å². The summed E-state index contributed by atoms with van der Waals surface area (Å²) in [7, 11) is 0. The van der Waals surface area contributed by atoms with Gasteiger partial charge in [-0.25, -0.2) is 8.78 Å². The Balaban J connectivity index is 1.67. The average Bonchev–Trinajstić information content (AvgIpc) is 2.90. The predicted molar refractivity (Wildman–Crippen MR) is 100 cm³/mol. The van der Waals surface area contributed by atoms with Gasteiger partial charge in [0.25, 0.3) is 0 Å². The SMILES string of the molecule is CC1CCC(=O)N(CC(O)Cn2c3ccc(F)cc3c3cc(F)ccc32)C1. The van der Waals surface area contributed by atoms with Crippen molar-refractivity contribution in [1.82, 2.24) is 9.47 Å². The number of aliphatic hydroxyl groups excluding tert-OH is 1. The second kappa shape index (κ2) is 6.93. The monoisotopic (exact) mass is 372 g/mol. The molecule has 0 saturated carbocycles. The van der Waals surface area contributed by atoms with Crippen LogP contribution in [0.5, 0.6) is 0 Å². The molecule has 1 N–H and O–H groups in total. The smallest absolute Gasteiger partial charge is 0.222 e. The van der Waals surface area contributed by atoms with Crippen LogP contribution in [0.15, 0.2) is 36.4 Å². The van der Waals surface area contributed by atoms with E-state index in [0.717, 1.165) is 17.5 Å². The van der Waals surface area contributed by atoms with Crippen molar-refractivity contribution in [2.45, 2.75) is 32.4 Å². The predicted octanol–water partition coefficient (Wildman–Crippen LogP) is 3.69. The molecule has 1 aliphatic heterocycles. The number of aromatic nitrogens is 1. The van der Waals surface area contributed by atoms with Crippen LogP contribution in [-0.2, 0) is 11.3 Å². The highest BCUT2D eigenvalue weighted by molar-refractivity contribution is 6.08. The molecule has 2 heterocycles. The van der Waals surface area contributed by atoms with Crippen LogP contribution in [0, 0.1) is 17.6 Å². The highest BCUT2D eigenvalue weighted by Gasteiger charge is 2.25. The quantitative estimate of drug-likeness (QED) is 0.759. The highest BCUT2D eigenvalue weighted by atomic mass is 19.1. The number of carbonyl (C=O) groups is 1.